The zero-order valence-electron chi connectivity index (χ0n) is 11.0. The molecule has 3 rings (SSSR count). The van der Waals surface area contributed by atoms with E-state index in [-0.39, 0.29) is 6.10 Å². The van der Waals surface area contributed by atoms with E-state index < -0.39 is 0 Å². The van der Waals surface area contributed by atoms with Gasteiger partial charge in [-0.25, -0.2) is 0 Å². The summed E-state index contributed by atoms with van der Waals surface area (Å²) in [5.74, 6) is 0. The van der Waals surface area contributed by atoms with Gasteiger partial charge in [0, 0.05) is 24.2 Å². The van der Waals surface area contributed by atoms with Gasteiger partial charge in [-0.05, 0) is 43.4 Å². The van der Waals surface area contributed by atoms with Gasteiger partial charge in [0.15, 0.2) is 0 Å². The van der Waals surface area contributed by atoms with Crippen molar-refractivity contribution < 1.29 is 5.11 Å². The molecular formula is C16H20N2O. The van der Waals surface area contributed by atoms with Crippen molar-refractivity contribution in [2.45, 2.75) is 44.4 Å². The molecule has 1 heterocycles. The Labute approximate surface area is 113 Å². The summed E-state index contributed by atoms with van der Waals surface area (Å²) in [4.78, 5) is 4.38. The standard InChI is InChI=1S/C16H20N2O/c19-14-5-3-4-13(10-14)18-11-12-8-9-17-16-7-2-1-6-15(12)16/h1-2,6-9,13-14,18-19H,3-5,10-11H2. The maximum atomic E-state index is 9.70. The van der Waals surface area contributed by atoms with E-state index >= 15 is 0 Å². The van der Waals surface area contributed by atoms with Crippen molar-refractivity contribution in [3.05, 3.63) is 42.1 Å². The van der Waals surface area contributed by atoms with Gasteiger partial charge in [-0.3, -0.25) is 4.98 Å². The highest BCUT2D eigenvalue weighted by Crippen LogP contribution is 2.20. The van der Waals surface area contributed by atoms with Crippen LogP contribution in [0.1, 0.15) is 31.2 Å². The number of rotatable bonds is 3. The van der Waals surface area contributed by atoms with Gasteiger partial charge in [-0.15, -0.1) is 0 Å². The lowest BCUT2D eigenvalue weighted by atomic mass is 9.93. The normalized spacial score (nSPS) is 23.6. The lowest BCUT2D eigenvalue weighted by molar-refractivity contribution is 0.111. The fourth-order valence-corrected chi connectivity index (χ4v) is 2.91. The van der Waals surface area contributed by atoms with Crippen LogP contribution in [0.3, 0.4) is 0 Å². The molecule has 2 aromatic rings. The van der Waals surface area contributed by atoms with Crippen LogP contribution in [0, 0.1) is 0 Å². The molecule has 1 aromatic carbocycles. The molecule has 1 saturated carbocycles. The van der Waals surface area contributed by atoms with Crippen molar-refractivity contribution >= 4 is 10.9 Å². The van der Waals surface area contributed by atoms with Crippen LogP contribution in [0.5, 0.6) is 0 Å². The molecule has 0 bridgehead atoms. The van der Waals surface area contributed by atoms with E-state index in [0.29, 0.717) is 6.04 Å². The molecule has 0 amide bonds. The zero-order valence-corrected chi connectivity index (χ0v) is 11.0. The molecule has 0 saturated heterocycles. The quantitative estimate of drug-likeness (QED) is 0.887. The molecule has 3 heteroatoms. The summed E-state index contributed by atoms with van der Waals surface area (Å²) in [5, 5.41) is 14.5. The van der Waals surface area contributed by atoms with E-state index in [1.165, 1.54) is 17.4 Å². The van der Waals surface area contributed by atoms with Gasteiger partial charge in [0.2, 0.25) is 0 Å². The third-order valence-electron chi connectivity index (χ3n) is 3.97. The van der Waals surface area contributed by atoms with E-state index in [0.717, 1.165) is 31.3 Å². The average Bonchev–Trinajstić information content (AvgIpc) is 2.45. The summed E-state index contributed by atoms with van der Waals surface area (Å²) in [6.07, 6.45) is 5.87. The highest BCUT2D eigenvalue weighted by atomic mass is 16.3. The second kappa shape index (κ2) is 5.68. The number of pyridine rings is 1. The molecule has 1 aliphatic rings. The Balaban J connectivity index is 1.71. The fraction of sp³-hybridized carbons (Fsp3) is 0.438. The number of aromatic nitrogens is 1. The van der Waals surface area contributed by atoms with Crippen LogP contribution in [0.15, 0.2) is 36.5 Å². The second-order valence-corrected chi connectivity index (χ2v) is 5.39. The average molecular weight is 256 g/mol. The summed E-state index contributed by atoms with van der Waals surface area (Å²) in [6, 6.07) is 10.8. The van der Waals surface area contributed by atoms with Crippen LogP contribution >= 0.6 is 0 Å². The van der Waals surface area contributed by atoms with Crippen molar-refractivity contribution in [2.24, 2.45) is 0 Å². The summed E-state index contributed by atoms with van der Waals surface area (Å²) in [7, 11) is 0. The Bertz CT molecular complexity index is 550. The lowest BCUT2D eigenvalue weighted by Crippen LogP contribution is -2.35. The fourth-order valence-electron chi connectivity index (χ4n) is 2.91. The number of aliphatic hydroxyl groups excluding tert-OH is 1. The van der Waals surface area contributed by atoms with Gasteiger partial charge in [0.05, 0.1) is 11.6 Å². The summed E-state index contributed by atoms with van der Waals surface area (Å²) >= 11 is 0. The van der Waals surface area contributed by atoms with E-state index in [9.17, 15) is 5.11 Å². The molecule has 19 heavy (non-hydrogen) atoms. The molecule has 2 unspecified atom stereocenters. The van der Waals surface area contributed by atoms with Gasteiger partial charge in [0.25, 0.3) is 0 Å². The molecule has 1 aromatic heterocycles. The Morgan fingerprint density at radius 3 is 3.00 bits per heavy atom. The predicted octanol–water partition coefficient (Wildman–Crippen LogP) is 2.63. The van der Waals surface area contributed by atoms with Crippen molar-refractivity contribution in [1.82, 2.24) is 10.3 Å². The smallest absolute Gasteiger partial charge is 0.0705 e. The third-order valence-corrected chi connectivity index (χ3v) is 3.97. The maximum absolute atomic E-state index is 9.70. The first-order valence-electron chi connectivity index (χ1n) is 7.07. The summed E-state index contributed by atoms with van der Waals surface area (Å²) in [6.45, 7) is 0.848. The molecule has 2 atom stereocenters. The van der Waals surface area contributed by atoms with Crippen molar-refractivity contribution in [2.75, 3.05) is 0 Å². The number of hydrogen-bond acceptors (Lipinski definition) is 3. The van der Waals surface area contributed by atoms with E-state index in [1.807, 2.05) is 18.3 Å². The van der Waals surface area contributed by atoms with Gasteiger partial charge >= 0.3 is 0 Å². The van der Waals surface area contributed by atoms with Gasteiger partial charge in [-0.1, -0.05) is 18.2 Å². The van der Waals surface area contributed by atoms with Crippen LogP contribution < -0.4 is 5.32 Å². The van der Waals surface area contributed by atoms with E-state index in [2.05, 4.69) is 28.5 Å². The molecule has 1 aliphatic carbocycles. The zero-order chi connectivity index (χ0) is 13.1. The number of nitrogens with one attached hydrogen (secondary N) is 1. The maximum Gasteiger partial charge on any atom is 0.0705 e. The summed E-state index contributed by atoms with van der Waals surface area (Å²) in [5.41, 5.74) is 2.33. The molecule has 0 aliphatic heterocycles. The number of benzene rings is 1. The largest absolute Gasteiger partial charge is 0.393 e. The van der Waals surface area contributed by atoms with Crippen molar-refractivity contribution in [3.8, 4) is 0 Å². The van der Waals surface area contributed by atoms with E-state index in [4.69, 9.17) is 0 Å². The van der Waals surface area contributed by atoms with Crippen molar-refractivity contribution in [1.29, 1.82) is 0 Å². The first-order valence-corrected chi connectivity index (χ1v) is 7.07. The monoisotopic (exact) mass is 256 g/mol. The topological polar surface area (TPSA) is 45.1 Å². The predicted molar refractivity (Wildman–Crippen MR) is 76.8 cm³/mol. The van der Waals surface area contributed by atoms with Crippen LogP contribution in [0.4, 0.5) is 0 Å². The highest BCUT2D eigenvalue weighted by molar-refractivity contribution is 5.81. The molecule has 3 nitrogen and oxygen atoms in total. The third kappa shape index (κ3) is 2.94. The molecular weight excluding hydrogens is 236 g/mol. The first-order chi connectivity index (χ1) is 9.33. The highest BCUT2D eigenvalue weighted by Gasteiger charge is 2.19. The Hall–Kier alpha value is -1.45. The van der Waals surface area contributed by atoms with Crippen LogP contribution in [-0.2, 0) is 6.54 Å². The van der Waals surface area contributed by atoms with Gasteiger partial charge in [0.1, 0.15) is 0 Å². The minimum atomic E-state index is -0.125. The molecule has 0 radical (unpaired) electrons. The molecule has 0 spiro atoms. The minimum Gasteiger partial charge on any atom is -0.393 e. The van der Waals surface area contributed by atoms with Gasteiger partial charge < -0.3 is 10.4 Å². The van der Waals surface area contributed by atoms with E-state index in [1.54, 1.807) is 0 Å². The lowest BCUT2D eigenvalue weighted by Gasteiger charge is -2.27. The SMILES string of the molecule is OC1CCCC(NCc2ccnc3ccccc23)C1. The first kappa shape index (κ1) is 12.6. The van der Waals surface area contributed by atoms with Crippen LogP contribution in [0.25, 0.3) is 10.9 Å². The molecule has 100 valence electrons. The summed E-state index contributed by atoms with van der Waals surface area (Å²) < 4.78 is 0. The number of aliphatic hydroxyl groups is 1. The van der Waals surface area contributed by atoms with Crippen LogP contribution in [-0.4, -0.2) is 22.2 Å². The minimum absolute atomic E-state index is 0.125. The van der Waals surface area contributed by atoms with Gasteiger partial charge in [-0.2, -0.15) is 0 Å². The number of hydrogen-bond donors (Lipinski definition) is 2. The van der Waals surface area contributed by atoms with Crippen molar-refractivity contribution in [3.63, 3.8) is 0 Å². The molecule has 1 fully saturated rings. The number of fused-ring (bicyclic) bond motifs is 1. The molecule has 2 N–H and O–H groups in total. The Kier molecular flexibility index (Phi) is 3.76. The second-order valence-electron chi connectivity index (χ2n) is 5.39. The number of nitrogens with zero attached hydrogens (tertiary/aromatic N) is 1. The van der Waals surface area contributed by atoms with Crippen LogP contribution in [0.2, 0.25) is 0 Å². The Morgan fingerprint density at radius 1 is 1.21 bits per heavy atom. The Morgan fingerprint density at radius 2 is 2.11 bits per heavy atom. The number of para-hydroxylation sites is 1.